The molecule has 0 aliphatic carbocycles. The van der Waals surface area contributed by atoms with Gasteiger partial charge in [0.2, 0.25) is 10.0 Å². The predicted molar refractivity (Wildman–Crippen MR) is 94.5 cm³/mol. The summed E-state index contributed by atoms with van der Waals surface area (Å²) in [5, 5.41) is 9.84. The summed E-state index contributed by atoms with van der Waals surface area (Å²) in [5.41, 5.74) is -0.383. The lowest BCUT2D eigenvalue weighted by molar-refractivity contribution is -0.0119. The quantitative estimate of drug-likeness (QED) is 0.826. The van der Waals surface area contributed by atoms with Crippen LogP contribution in [0, 0.1) is 0 Å². The zero-order valence-electron chi connectivity index (χ0n) is 14.0. The van der Waals surface area contributed by atoms with Crippen molar-refractivity contribution in [3.63, 3.8) is 0 Å². The van der Waals surface area contributed by atoms with E-state index in [0.29, 0.717) is 25.0 Å². The number of carbonyl (C=O) groups is 1. The number of rotatable bonds is 3. The van der Waals surface area contributed by atoms with Crippen molar-refractivity contribution in [2.45, 2.75) is 23.3 Å². The average molecular weight is 374 g/mol. The first-order chi connectivity index (χ1) is 12.4. The van der Waals surface area contributed by atoms with Gasteiger partial charge in [0.1, 0.15) is 10.5 Å². The van der Waals surface area contributed by atoms with Crippen LogP contribution in [0.5, 0.6) is 0 Å². The molecule has 3 heterocycles. The normalized spacial score (nSPS) is 23.7. The molecule has 4 rings (SSSR count). The van der Waals surface area contributed by atoms with Gasteiger partial charge in [0.05, 0.1) is 17.7 Å². The average Bonchev–Trinajstić information content (AvgIpc) is 3.08. The number of pyridine rings is 1. The SMILES string of the molecule is O=C(O)c1cc(S(=O)(=O)N2CCCC3(C=CCO3)C2)c2ncccc2c1. The van der Waals surface area contributed by atoms with Gasteiger partial charge in [-0.05, 0) is 31.0 Å². The van der Waals surface area contributed by atoms with Gasteiger partial charge in [0, 0.05) is 24.7 Å². The fourth-order valence-electron chi connectivity index (χ4n) is 3.61. The van der Waals surface area contributed by atoms with E-state index in [9.17, 15) is 18.3 Å². The third-order valence-electron chi connectivity index (χ3n) is 4.87. The second-order valence-electron chi connectivity index (χ2n) is 6.57. The van der Waals surface area contributed by atoms with E-state index in [4.69, 9.17) is 4.74 Å². The summed E-state index contributed by atoms with van der Waals surface area (Å²) in [6.45, 7) is 1.07. The molecule has 7 nitrogen and oxygen atoms in total. The van der Waals surface area contributed by atoms with Crippen LogP contribution in [0.1, 0.15) is 23.2 Å². The molecular weight excluding hydrogens is 356 g/mol. The molecule has 1 fully saturated rings. The molecule has 0 saturated carbocycles. The highest BCUT2D eigenvalue weighted by Crippen LogP contribution is 2.34. The van der Waals surface area contributed by atoms with E-state index in [1.165, 1.54) is 22.6 Å². The number of nitrogens with zero attached hydrogens (tertiary/aromatic N) is 2. The van der Waals surface area contributed by atoms with Gasteiger partial charge < -0.3 is 9.84 Å². The number of carboxylic acids is 1. The molecule has 1 aromatic carbocycles. The van der Waals surface area contributed by atoms with Crippen LogP contribution < -0.4 is 0 Å². The number of carboxylic acid groups (broad SMARTS) is 1. The largest absolute Gasteiger partial charge is 0.478 e. The minimum Gasteiger partial charge on any atom is -0.478 e. The van der Waals surface area contributed by atoms with Gasteiger partial charge in [-0.1, -0.05) is 18.2 Å². The van der Waals surface area contributed by atoms with E-state index in [0.717, 1.165) is 6.42 Å². The highest BCUT2D eigenvalue weighted by atomic mass is 32.2. The number of benzene rings is 1. The lowest BCUT2D eigenvalue weighted by atomic mass is 9.95. The minimum absolute atomic E-state index is 0.0761. The molecule has 1 unspecified atom stereocenters. The zero-order valence-corrected chi connectivity index (χ0v) is 14.8. The summed E-state index contributed by atoms with van der Waals surface area (Å²) in [5.74, 6) is -1.18. The third-order valence-corrected chi connectivity index (χ3v) is 6.73. The Morgan fingerprint density at radius 1 is 1.35 bits per heavy atom. The third kappa shape index (κ3) is 2.80. The van der Waals surface area contributed by atoms with Crippen molar-refractivity contribution in [3.05, 3.63) is 48.2 Å². The number of hydrogen-bond acceptors (Lipinski definition) is 5. The molecule has 1 aromatic heterocycles. The summed E-state index contributed by atoms with van der Waals surface area (Å²) >= 11 is 0. The molecule has 2 aliphatic heterocycles. The maximum absolute atomic E-state index is 13.3. The van der Waals surface area contributed by atoms with Crippen molar-refractivity contribution in [2.24, 2.45) is 0 Å². The van der Waals surface area contributed by atoms with Crippen LogP contribution in [0.25, 0.3) is 10.9 Å². The van der Waals surface area contributed by atoms with Crippen LogP contribution in [0.2, 0.25) is 0 Å². The van der Waals surface area contributed by atoms with Crippen molar-refractivity contribution >= 4 is 26.9 Å². The first-order valence-corrected chi connectivity index (χ1v) is 9.79. The van der Waals surface area contributed by atoms with E-state index >= 15 is 0 Å². The van der Waals surface area contributed by atoms with E-state index in [2.05, 4.69) is 4.98 Å². The van der Waals surface area contributed by atoms with Crippen molar-refractivity contribution in [2.75, 3.05) is 19.7 Å². The first kappa shape index (κ1) is 17.1. The zero-order chi connectivity index (χ0) is 18.4. The Morgan fingerprint density at radius 2 is 2.19 bits per heavy atom. The van der Waals surface area contributed by atoms with Crippen molar-refractivity contribution in [1.82, 2.24) is 9.29 Å². The van der Waals surface area contributed by atoms with E-state index < -0.39 is 21.6 Å². The molecule has 0 bridgehead atoms. The molecule has 2 aliphatic rings. The number of piperidine rings is 1. The lowest BCUT2D eigenvalue weighted by Crippen LogP contribution is -2.49. The first-order valence-electron chi connectivity index (χ1n) is 8.35. The molecule has 8 heteroatoms. The number of aromatic nitrogens is 1. The Bertz CT molecular complexity index is 1020. The smallest absolute Gasteiger partial charge is 0.335 e. The number of sulfonamides is 1. The molecule has 0 amide bonds. The van der Waals surface area contributed by atoms with Gasteiger partial charge in [-0.2, -0.15) is 4.31 Å². The van der Waals surface area contributed by atoms with E-state index in [1.807, 2.05) is 12.2 Å². The van der Waals surface area contributed by atoms with Gasteiger partial charge in [-0.15, -0.1) is 0 Å². The standard InChI is InChI=1S/C18H18N2O5S/c21-17(22)14-10-13-4-1-7-19-16(13)15(11-14)26(23,24)20-8-2-5-18(12-20)6-3-9-25-18/h1,3-4,6-7,10-11H,2,5,8-9,12H2,(H,21,22). The monoisotopic (exact) mass is 374 g/mol. The van der Waals surface area contributed by atoms with Crippen molar-refractivity contribution in [3.8, 4) is 0 Å². The van der Waals surface area contributed by atoms with Crippen LogP contribution in [0.3, 0.4) is 0 Å². The summed E-state index contributed by atoms with van der Waals surface area (Å²) in [6.07, 6.45) is 6.77. The summed E-state index contributed by atoms with van der Waals surface area (Å²) < 4.78 is 33.8. The molecule has 0 radical (unpaired) electrons. The highest BCUT2D eigenvalue weighted by molar-refractivity contribution is 7.89. The van der Waals surface area contributed by atoms with Crippen LogP contribution in [-0.4, -0.2) is 54.1 Å². The van der Waals surface area contributed by atoms with Gasteiger partial charge in [-0.25, -0.2) is 13.2 Å². The highest BCUT2D eigenvalue weighted by Gasteiger charge is 2.41. The second-order valence-corrected chi connectivity index (χ2v) is 8.48. The summed E-state index contributed by atoms with van der Waals surface area (Å²) in [7, 11) is -3.91. The number of aromatic carboxylic acids is 1. The molecular formula is C18H18N2O5S. The van der Waals surface area contributed by atoms with Gasteiger partial charge in [0.15, 0.2) is 0 Å². The van der Waals surface area contributed by atoms with Crippen molar-refractivity contribution < 1.29 is 23.1 Å². The lowest BCUT2D eigenvalue weighted by Gasteiger charge is -2.38. The van der Waals surface area contributed by atoms with Crippen LogP contribution in [-0.2, 0) is 14.8 Å². The maximum Gasteiger partial charge on any atom is 0.335 e. The Balaban J connectivity index is 1.83. The number of ether oxygens (including phenoxy) is 1. The second kappa shape index (κ2) is 6.15. The van der Waals surface area contributed by atoms with Gasteiger partial charge in [0.25, 0.3) is 0 Å². The molecule has 1 saturated heterocycles. The summed E-state index contributed by atoms with van der Waals surface area (Å²) in [4.78, 5) is 15.6. The molecule has 1 N–H and O–H groups in total. The molecule has 1 atom stereocenters. The van der Waals surface area contributed by atoms with E-state index in [1.54, 1.807) is 12.1 Å². The molecule has 1 spiro atoms. The van der Waals surface area contributed by atoms with Crippen molar-refractivity contribution in [1.29, 1.82) is 0 Å². The van der Waals surface area contributed by atoms with Crippen LogP contribution >= 0.6 is 0 Å². The number of fused-ring (bicyclic) bond motifs is 1. The maximum atomic E-state index is 13.3. The molecule has 136 valence electrons. The molecule has 26 heavy (non-hydrogen) atoms. The van der Waals surface area contributed by atoms with Crippen LogP contribution in [0.15, 0.2) is 47.5 Å². The Morgan fingerprint density at radius 3 is 2.92 bits per heavy atom. The molecule has 2 aromatic rings. The van der Waals surface area contributed by atoms with Gasteiger partial charge >= 0.3 is 5.97 Å². The predicted octanol–water partition coefficient (Wildman–Crippen LogP) is 2.04. The topological polar surface area (TPSA) is 96.8 Å². The summed E-state index contributed by atoms with van der Waals surface area (Å²) in [6, 6.07) is 5.94. The Hall–Kier alpha value is -2.29. The van der Waals surface area contributed by atoms with E-state index in [-0.39, 0.29) is 22.5 Å². The van der Waals surface area contributed by atoms with Gasteiger partial charge in [-0.3, -0.25) is 4.98 Å². The Kier molecular flexibility index (Phi) is 4.06. The fourth-order valence-corrected chi connectivity index (χ4v) is 5.34. The Labute approximate surface area is 151 Å². The fraction of sp³-hybridized carbons (Fsp3) is 0.333. The minimum atomic E-state index is -3.91. The van der Waals surface area contributed by atoms with Crippen LogP contribution in [0.4, 0.5) is 0 Å². The number of hydrogen-bond donors (Lipinski definition) is 1.